The molecule has 6 heteroatoms. The van der Waals surface area contributed by atoms with E-state index in [2.05, 4.69) is 23.6 Å². The van der Waals surface area contributed by atoms with Gasteiger partial charge in [0.05, 0.1) is 4.92 Å². The first kappa shape index (κ1) is 16.9. The summed E-state index contributed by atoms with van der Waals surface area (Å²) in [6, 6.07) is 6.67. The molecule has 6 nitrogen and oxygen atoms in total. The molecule has 0 heterocycles. The number of nitriles is 1. The van der Waals surface area contributed by atoms with Crippen molar-refractivity contribution in [1.82, 2.24) is 4.90 Å². The van der Waals surface area contributed by atoms with Crippen LogP contribution in [0.2, 0.25) is 0 Å². The van der Waals surface area contributed by atoms with Crippen LogP contribution in [-0.2, 0) is 0 Å². The molecule has 0 aliphatic heterocycles. The highest BCUT2D eigenvalue weighted by Crippen LogP contribution is 2.25. The first-order valence-electron chi connectivity index (χ1n) is 6.93. The van der Waals surface area contributed by atoms with Crippen molar-refractivity contribution in [3.8, 4) is 6.07 Å². The van der Waals surface area contributed by atoms with Crippen LogP contribution in [0.5, 0.6) is 0 Å². The first-order chi connectivity index (χ1) is 9.85. The number of hydrogen-bond donors (Lipinski definition) is 0. The Kier molecular flexibility index (Phi) is 6.12. The van der Waals surface area contributed by atoms with Crippen LogP contribution in [0.3, 0.4) is 0 Å². The molecule has 21 heavy (non-hydrogen) atoms. The zero-order valence-electron chi connectivity index (χ0n) is 13.0. The SMILES string of the molecule is CC(C)CN(CCN(C)C)c1ccc(C#N)c([N+](=O)[O-])c1. The summed E-state index contributed by atoms with van der Waals surface area (Å²) in [5, 5.41) is 20.0. The number of hydrogen-bond acceptors (Lipinski definition) is 5. The molecule has 0 bridgehead atoms. The molecule has 0 amide bonds. The van der Waals surface area contributed by atoms with E-state index in [0.717, 1.165) is 25.3 Å². The molecule has 0 N–H and O–H groups in total. The fraction of sp³-hybridized carbons (Fsp3) is 0.533. The molecule has 114 valence electrons. The van der Waals surface area contributed by atoms with Crippen molar-refractivity contribution in [3.05, 3.63) is 33.9 Å². The molecule has 0 aliphatic carbocycles. The minimum absolute atomic E-state index is 0.0980. The lowest BCUT2D eigenvalue weighted by Crippen LogP contribution is -2.34. The minimum atomic E-state index is -0.498. The van der Waals surface area contributed by atoms with Crippen LogP contribution in [-0.4, -0.2) is 43.6 Å². The summed E-state index contributed by atoms with van der Waals surface area (Å²) in [5.41, 5.74) is 0.755. The van der Waals surface area contributed by atoms with Gasteiger partial charge in [-0.05, 0) is 32.1 Å². The lowest BCUT2D eigenvalue weighted by Gasteiger charge is -2.28. The zero-order chi connectivity index (χ0) is 16.0. The lowest BCUT2D eigenvalue weighted by molar-refractivity contribution is -0.385. The average molecular weight is 290 g/mol. The van der Waals surface area contributed by atoms with Gasteiger partial charge < -0.3 is 9.80 Å². The van der Waals surface area contributed by atoms with Crippen LogP contribution in [0.15, 0.2) is 18.2 Å². The largest absolute Gasteiger partial charge is 0.370 e. The van der Waals surface area contributed by atoms with Gasteiger partial charge in [-0.3, -0.25) is 10.1 Å². The monoisotopic (exact) mass is 290 g/mol. The predicted molar refractivity (Wildman–Crippen MR) is 83.4 cm³/mol. The van der Waals surface area contributed by atoms with Crippen molar-refractivity contribution in [1.29, 1.82) is 5.26 Å². The number of rotatable bonds is 7. The van der Waals surface area contributed by atoms with Gasteiger partial charge in [-0.1, -0.05) is 13.8 Å². The van der Waals surface area contributed by atoms with Crippen molar-refractivity contribution >= 4 is 11.4 Å². The smallest absolute Gasteiger partial charge is 0.289 e. The number of benzene rings is 1. The Morgan fingerprint density at radius 2 is 2.00 bits per heavy atom. The van der Waals surface area contributed by atoms with Crippen molar-refractivity contribution in [2.75, 3.05) is 38.6 Å². The molecule has 1 rings (SSSR count). The number of likely N-dealkylation sites (N-methyl/N-ethyl adjacent to an activating group) is 1. The fourth-order valence-electron chi connectivity index (χ4n) is 2.05. The van der Waals surface area contributed by atoms with Crippen molar-refractivity contribution in [2.24, 2.45) is 5.92 Å². The maximum absolute atomic E-state index is 11.1. The number of nitro groups is 1. The summed E-state index contributed by atoms with van der Waals surface area (Å²) >= 11 is 0. The Bertz CT molecular complexity index is 535. The summed E-state index contributed by atoms with van der Waals surface area (Å²) in [4.78, 5) is 14.8. The lowest BCUT2D eigenvalue weighted by atomic mass is 10.1. The van der Waals surface area contributed by atoms with Gasteiger partial charge in [0.15, 0.2) is 0 Å². The summed E-state index contributed by atoms with van der Waals surface area (Å²) in [5.74, 6) is 0.446. The molecule has 0 atom stereocenters. The Morgan fingerprint density at radius 3 is 2.48 bits per heavy atom. The molecule has 0 unspecified atom stereocenters. The average Bonchev–Trinajstić information content (AvgIpc) is 2.42. The Balaban J connectivity index is 3.09. The van der Waals surface area contributed by atoms with E-state index in [0.29, 0.717) is 5.92 Å². The van der Waals surface area contributed by atoms with Gasteiger partial charge in [0, 0.05) is 31.4 Å². The van der Waals surface area contributed by atoms with Gasteiger partial charge in [-0.2, -0.15) is 5.26 Å². The molecule has 1 aromatic rings. The zero-order valence-corrected chi connectivity index (χ0v) is 13.0. The fourth-order valence-corrected chi connectivity index (χ4v) is 2.05. The molecular formula is C15H22N4O2. The second-order valence-corrected chi connectivity index (χ2v) is 5.71. The summed E-state index contributed by atoms with van der Waals surface area (Å²) in [6.07, 6.45) is 0. The molecule has 0 fully saturated rings. The van der Waals surface area contributed by atoms with E-state index in [1.807, 2.05) is 20.2 Å². The number of nitro benzene ring substituents is 1. The highest BCUT2D eigenvalue weighted by atomic mass is 16.6. The van der Waals surface area contributed by atoms with E-state index in [-0.39, 0.29) is 11.3 Å². The van der Waals surface area contributed by atoms with Gasteiger partial charge in [-0.15, -0.1) is 0 Å². The van der Waals surface area contributed by atoms with Crippen LogP contribution < -0.4 is 4.90 Å². The molecule has 0 spiro atoms. The third kappa shape index (κ3) is 5.04. The van der Waals surface area contributed by atoms with E-state index in [4.69, 9.17) is 5.26 Å². The summed E-state index contributed by atoms with van der Waals surface area (Å²) in [6.45, 7) is 6.69. The van der Waals surface area contributed by atoms with Crippen molar-refractivity contribution < 1.29 is 4.92 Å². The highest BCUT2D eigenvalue weighted by molar-refractivity contribution is 5.60. The minimum Gasteiger partial charge on any atom is -0.370 e. The van der Waals surface area contributed by atoms with Crippen LogP contribution >= 0.6 is 0 Å². The van der Waals surface area contributed by atoms with Crippen LogP contribution in [0.1, 0.15) is 19.4 Å². The van der Waals surface area contributed by atoms with E-state index in [9.17, 15) is 10.1 Å². The third-order valence-corrected chi connectivity index (χ3v) is 3.07. The van der Waals surface area contributed by atoms with Crippen molar-refractivity contribution in [2.45, 2.75) is 13.8 Å². The van der Waals surface area contributed by atoms with Gasteiger partial charge in [0.1, 0.15) is 11.6 Å². The summed E-state index contributed by atoms with van der Waals surface area (Å²) in [7, 11) is 3.99. The topological polar surface area (TPSA) is 73.4 Å². The van der Waals surface area contributed by atoms with Crippen LogP contribution in [0.25, 0.3) is 0 Å². The standard InChI is InChI=1S/C15H22N4O2/c1-12(2)11-18(8-7-17(3)4)14-6-5-13(10-16)15(9-14)19(20)21/h5-6,9,12H,7-8,11H2,1-4H3. The molecule has 1 aromatic carbocycles. The van der Waals surface area contributed by atoms with Gasteiger partial charge in [-0.25, -0.2) is 0 Å². The number of anilines is 1. The van der Waals surface area contributed by atoms with E-state index in [1.54, 1.807) is 6.07 Å². The van der Waals surface area contributed by atoms with Gasteiger partial charge >= 0.3 is 0 Å². The molecule has 0 aliphatic rings. The molecular weight excluding hydrogens is 268 g/mol. The van der Waals surface area contributed by atoms with Gasteiger partial charge in [0.2, 0.25) is 0 Å². The molecule has 0 radical (unpaired) electrons. The summed E-state index contributed by atoms with van der Waals surface area (Å²) < 4.78 is 0. The highest BCUT2D eigenvalue weighted by Gasteiger charge is 2.17. The van der Waals surface area contributed by atoms with Gasteiger partial charge in [0.25, 0.3) is 5.69 Å². The maximum Gasteiger partial charge on any atom is 0.289 e. The maximum atomic E-state index is 11.1. The van der Waals surface area contributed by atoms with Crippen LogP contribution in [0.4, 0.5) is 11.4 Å². The Labute approximate surface area is 125 Å². The van der Waals surface area contributed by atoms with Crippen LogP contribution in [0, 0.1) is 27.4 Å². The third-order valence-electron chi connectivity index (χ3n) is 3.07. The van der Waals surface area contributed by atoms with E-state index < -0.39 is 4.92 Å². The van der Waals surface area contributed by atoms with Crippen molar-refractivity contribution in [3.63, 3.8) is 0 Å². The Morgan fingerprint density at radius 1 is 1.33 bits per heavy atom. The number of nitrogens with zero attached hydrogens (tertiary/aromatic N) is 4. The molecule has 0 saturated heterocycles. The molecule has 0 aromatic heterocycles. The molecule has 0 saturated carbocycles. The van der Waals surface area contributed by atoms with E-state index in [1.165, 1.54) is 12.1 Å². The predicted octanol–water partition coefficient (Wildman–Crippen LogP) is 2.49. The van der Waals surface area contributed by atoms with E-state index >= 15 is 0 Å². The second-order valence-electron chi connectivity index (χ2n) is 5.71. The normalized spacial score (nSPS) is 10.7. The first-order valence-corrected chi connectivity index (χ1v) is 6.93. The quantitative estimate of drug-likeness (QED) is 0.570. The Hall–Kier alpha value is -2.13. The second kappa shape index (κ2) is 7.60.